The summed E-state index contributed by atoms with van der Waals surface area (Å²) in [5.74, 6) is -0.970. The molecule has 0 unspecified atom stereocenters. The molecule has 4 nitrogen and oxygen atoms in total. The molecule has 0 saturated heterocycles. The van der Waals surface area contributed by atoms with E-state index in [-0.39, 0.29) is 16.0 Å². The highest BCUT2D eigenvalue weighted by Crippen LogP contribution is 2.47. The van der Waals surface area contributed by atoms with E-state index in [4.69, 9.17) is 28.3 Å². The average Bonchev–Trinajstić information content (AvgIpc) is 3.16. The number of aromatic carboxylic acids is 1. The van der Waals surface area contributed by atoms with Gasteiger partial charge in [-0.25, -0.2) is 4.79 Å². The summed E-state index contributed by atoms with van der Waals surface area (Å²) in [6, 6.07) is 1.43. The van der Waals surface area contributed by atoms with E-state index in [0.717, 1.165) is 18.4 Å². The minimum atomic E-state index is -1.26. The first-order valence-corrected chi connectivity index (χ1v) is 6.53. The number of fused-ring (bicyclic) bond motifs is 1. The predicted molar refractivity (Wildman–Crippen MR) is 73.5 cm³/mol. The molecule has 19 heavy (non-hydrogen) atoms. The molecule has 1 aromatic carbocycles. The number of aromatic nitrogens is 1. The van der Waals surface area contributed by atoms with Gasteiger partial charge in [0.15, 0.2) is 0 Å². The summed E-state index contributed by atoms with van der Waals surface area (Å²) >= 11 is 12.2. The van der Waals surface area contributed by atoms with Gasteiger partial charge in [0.05, 0.1) is 15.6 Å². The van der Waals surface area contributed by atoms with Crippen molar-refractivity contribution < 1.29 is 9.90 Å². The maximum absolute atomic E-state index is 12.1. The van der Waals surface area contributed by atoms with E-state index in [9.17, 15) is 9.59 Å². The van der Waals surface area contributed by atoms with Gasteiger partial charge in [-0.05, 0) is 30.4 Å². The Morgan fingerprint density at radius 1 is 1.37 bits per heavy atom. The molecule has 0 atom stereocenters. The van der Waals surface area contributed by atoms with Crippen LogP contribution < -0.4 is 5.43 Å². The van der Waals surface area contributed by atoms with Gasteiger partial charge in [0.1, 0.15) is 5.56 Å². The lowest BCUT2D eigenvalue weighted by atomic mass is 10.0. The van der Waals surface area contributed by atoms with Crippen LogP contribution in [0.4, 0.5) is 0 Å². The number of benzene rings is 1. The molecule has 1 aliphatic carbocycles. The zero-order chi connectivity index (χ0) is 13.7. The van der Waals surface area contributed by atoms with Crippen molar-refractivity contribution in [3.8, 4) is 0 Å². The molecule has 0 aliphatic heterocycles. The zero-order valence-electron chi connectivity index (χ0n) is 9.67. The minimum Gasteiger partial charge on any atom is -0.477 e. The topological polar surface area (TPSA) is 70.2 Å². The van der Waals surface area contributed by atoms with Gasteiger partial charge in [0.2, 0.25) is 5.43 Å². The Morgan fingerprint density at radius 3 is 2.63 bits per heavy atom. The van der Waals surface area contributed by atoms with Crippen molar-refractivity contribution in [3.63, 3.8) is 0 Å². The van der Waals surface area contributed by atoms with Gasteiger partial charge in [-0.15, -0.1) is 0 Å². The van der Waals surface area contributed by atoms with Crippen LogP contribution in [0.3, 0.4) is 0 Å². The van der Waals surface area contributed by atoms with Crippen molar-refractivity contribution in [1.29, 1.82) is 0 Å². The Morgan fingerprint density at radius 2 is 2.05 bits per heavy atom. The number of aromatic amines is 1. The molecule has 2 aromatic rings. The SMILES string of the molecule is O=C(O)c1c[nH]c2c(C3CC3)c(Cl)c(Cl)cc2c1=O. The third-order valence-electron chi connectivity index (χ3n) is 3.32. The van der Waals surface area contributed by atoms with Gasteiger partial charge in [0.25, 0.3) is 0 Å². The van der Waals surface area contributed by atoms with Gasteiger partial charge in [-0.1, -0.05) is 23.2 Å². The average molecular weight is 298 g/mol. The van der Waals surface area contributed by atoms with E-state index in [1.54, 1.807) is 0 Å². The van der Waals surface area contributed by atoms with Gasteiger partial charge < -0.3 is 10.1 Å². The molecule has 0 amide bonds. The number of halogens is 2. The van der Waals surface area contributed by atoms with Crippen LogP contribution in [0.2, 0.25) is 10.0 Å². The minimum absolute atomic E-state index is 0.274. The number of nitrogens with one attached hydrogen (secondary N) is 1. The summed E-state index contributed by atoms with van der Waals surface area (Å²) in [5, 5.41) is 9.96. The van der Waals surface area contributed by atoms with Crippen LogP contribution in [-0.2, 0) is 0 Å². The first kappa shape index (κ1) is 12.5. The van der Waals surface area contributed by atoms with Crippen LogP contribution in [0.1, 0.15) is 34.7 Å². The van der Waals surface area contributed by atoms with Crippen molar-refractivity contribution in [2.45, 2.75) is 18.8 Å². The Bertz CT molecular complexity index is 763. The summed E-state index contributed by atoms with van der Waals surface area (Å²) in [6.45, 7) is 0. The second kappa shape index (κ2) is 4.25. The number of pyridine rings is 1. The van der Waals surface area contributed by atoms with E-state index in [1.807, 2.05) is 0 Å². The first-order valence-electron chi connectivity index (χ1n) is 5.77. The maximum atomic E-state index is 12.1. The van der Waals surface area contributed by atoms with E-state index >= 15 is 0 Å². The van der Waals surface area contributed by atoms with E-state index in [1.165, 1.54) is 12.3 Å². The normalized spacial score (nSPS) is 14.8. The van der Waals surface area contributed by atoms with Crippen LogP contribution in [0, 0.1) is 0 Å². The molecule has 6 heteroatoms. The number of hydrogen-bond donors (Lipinski definition) is 2. The van der Waals surface area contributed by atoms with Crippen molar-refractivity contribution in [1.82, 2.24) is 4.98 Å². The molecule has 1 aliphatic rings. The lowest BCUT2D eigenvalue weighted by Crippen LogP contribution is -2.16. The zero-order valence-corrected chi connectivity index (χ0v) is 11.2. The van der Waals surface area contributed by atoms with Crippen molar-refractivity contribution in [2.75, 3.05) is 0 Å². The number of carbonyl (C=O) groups is 1. The molecule has 1 aromatic heterocycles. The van der Waals surface area contributed by atoms with Crippen molar-refractivity contribution in [2.24, 2.45) is 0 Å². The van der Waals surface area contributed by atoms with Gasteiger partial charge in [-0.3, -0.25) is 4.79 Å². The fourth-order valence-electron chi connectivity index (χ4n) is 2.25. The summed E-state index contributed by atoms with van der Waals surface area (Å²) in [7, 11) is 0. The van der Waals surface area contributed by atoms with Gasteiger partial charge in [0, 0.05) is 11.6 Å². The van der Waals surface area contributed by atoms with Crippen molar-refractivity contribution >= 4 is 40.1 Å². The molecule has 0 radical (unpaired) electrons. The smallest absolute Gasteiger partial charge is 0.341 e. The highest BCUT2D eigenvalue weighted by molar-refractivity contribution is 6.43. The lowest BCUT2D eigenvalue weighted by molar-refractivity contribution is 0.0695. The Kier molecular flexibility index (Phi) is 2.80. The van der Waals surface area contributed by atoms with Crippen LogP contribution in [0.15, 0.2) is 17.1 Å². The van der Waals surface area contributed by atoms with Crippen LogP contribution in [-0.4, -0.2) is 16.1 Å². The largest absolute Gasteiger partial charge is 0.477 e. The molecular formula is C13H9Cl2NO3. The highest BCUT2D eigenvalue weighted by Gasteiger charge is 2.30. The highest BCUT2D eigenvalue weighted by atomic mass is 35.5. The molecule has 1 fully saturated rings. The molecule has 0 spiro atoms. The third-order valence-corrected chi connectivity index (χ3v) is 4.12. The molecule has 0 bridgehead atoms. The second-order valence-corrected chi connectivity index (χ2v) is 5.40. The number of hydrogen-bond acceptors (Lipinski definition) is 2. The Labute approximate surface area is 118 Å². The number of H-pyrrole nitrogens is 1. The fourth-order valence-corrected chi connectivity index (χ4v) is 2.76. The molecule has 1 heterocycles. The Balaban J connectivity index is 2.43. The third kappa shape index (κ3) is 1.91. The van der Waals surface area contributed by atoms with Crippen LogP contribution in [0.25, 0.3) is 10.9 Å². The molecule has 98 valence electrons. The quantitative estimate of drug-likeness (QED) is 0.892. The molecule has 3 rings (SSSR count). The molecule has 1 saturated carbocycles. The number of rotatable bonds is 2. The summed E-state index contributed by atoms with van der Waals surface area (Å²) in [5.41, 5.74) is 0.569. The number of carboxylic acid groups (broad SMARTS) is 1. The van der Waals surface area contributed by atoms with E-state index in [2.05, 4.69) is 4.98 Å². The van der Waals surface area contributed by atoms with Crippen LogP contribution in [0.5, 0.6) is 0 Å². The number of carboxylic acids is 1. The summed E-state index contributed by atoms with van der Waals surface area (Å²) in [6.07, 6.45) is 3.21. The Hall–Kier alpha value is -1.52. The monoisotopic (exact) mass is 297 g/mol. The van der Waals surface area contributed by atoms with Gasteiger partial charge >= 0.3 is 5.97 Å². The van der Waals surface area contributed by atoms with Crippen molar-refractivity contribution in [3.05, 3.63) is 43.7 Å². The standard InChI is InChI=1S/C13H9Cl2NO3/c14-8-3-6-11(9(10(8)15)5-1-2-5)16-4-7(12(6)17)13(18)19/h3-5H,1-2H2,(H,16,17)(H,18,19). The molecule has 2 N–H and O–H groups in total. The fraction of sp³-hybridized carbons (Fsp3) is 0.231. The van der Waals surface area contributed by atoms with E-state index < -0.39 is 11.4 Å². The predicted octanol–water partition coefficient (Wildman–Crippen LogP) is 3.41. The summed E-state index contributed by atoms with van der Waals surface area (Å²) in [4.78, 5) is 26.0. The van der Waals surface area contributed by atoms with Gasteiger partial charge in [-0.2, -0.15) is 0 Å². The first-order chi connectivity index (χ1) is 9.00. The summed E-state index contributed by atoms with van der Waals surface area (Å²) < 4.78 is 0. The second-order valence-electron chi connectivity index (χ2n) is 4.62. The molecular weight excluding hydrogens is 289 g/mol. The maximum Gasteiger partial charge on any atom is 0.341 e. The lowest BCUT2D eigenvalue weighted by Gasteiger charge is -2.10. The van der Waals surface area contributed by atoms with Crippen LogP contribution >= 0.6 is 23.2 Å². The van der Waals surface area contributed by atoms with E-state index in [0.29, 0.717) is 16.5 Å².